The molecule has 0 aromatic heterocycles. The molecule has 1 N–H and O–H groups in total. The number of unbranched alkanes of at least 4 members (excludes halogenated alkanes) is 2. The van der Waals surface area contributed by atoms with Gasteiger partial charge in [0.15, 0.2) is 0 Å². The van der Waals surface area contributed by atoms with Crippen molar-refractivity contribution in [3.05, 3.63) is 59.2 Å². The average Bonchev–Trinajstić information content (AvgIpc) is 2.93. The van der Waals surface area contributed by atoms with Crippen LogP contribution in [0, 0.1) is 0 Å². The maximum atomic E-state index is 9.82. The third-order valence-corrected chi connectivity index (χ3v) is 7.02. The average molecular weight is 412 g/mol. The molecule has 0 atom stereocenters. The number of aliphatic imine (C=N–C) groups is 1. The topological polar surface area (TPSA) is 41.8 Å². The molecule has 3 nitrogen and oxygen atoms in total. The van der Waals surface area contributed by atoms with Crippen LogP contribution in [0.4, 0.5) is 0 Å². The summed E-state index contributed by atoms with van der Waals surface area (Å²) < 4.78 is 5.58. The predicted octanol–water partition coefficient (Wildman–Crippen LogP) is 6.25. The normalized spacial score (nSPS) is 15.4. The Hall–Kier alpha value is -1.78. The smallest absolute Gasteiger partial charge is 0.125 e. The molecule has 4 heteroatoms. The molecule has 156 valence electrons. The van der Waals surface area contributed by atoms with Crippen molar-refractivity contribution in [3.63, 3.8) is 0 Å². The highest BCUT2D eigenvalue weighted by molar-refractivity contribution is 7.99. The number of rotatable bonds is 9. The minimum Gasteiger partial charge on any atom is -0.496 e. The lowest BCUT2D eigenvalue weighted by Gasteiger charge is -2.29. The molecule has 2 aromatic carbocycles. The number of ether oxygens (including phenoxy) is 1. The summed E-state index contributed by atoms with van der Waals surface area (Å²) in [5.41, 5.74) is 4.10. The first kappa shape index (κ1) is 21.9. The number of hydrogen-bond acceptors (Lipinski definition) is 4. The molecule has 1 aliphatic rings. The van der Waals surface area contributed by atoms with E-state index in [4.69, 9.17) is 9.73 Å². The number of benzene rings is 2. The summed E-state index contributed by atoms with van der Waals surface area (Å²) in [5, 5.41) is 9.82. The van der Waals surface area contributed by atoms with E-state index < -0.39 is 0 Å². The lowest BCUT2D eigenvalue weighted by Crippen LogP contribution is -2.31. The van der Waals surface area contributed by atoms with Gasteiger partial charge in [0.1, 0.15) is 5.75 Å². The molecule has 1 aliphatic heterocycles. The summed E-state index contributed by atoms with van der Waals surface area (Å²) >= 11 is 1.88. The summed E-state index contributed by atoms with van der Waals surface area (Å²) in [4.78, 5) is 6.69. The highest BCUT2D eigenvalue weighted by Crippen LogP contribution is 2.41. The van der Waals surface area contributed by atoms with E-state index in [2.05, 4.69) is 50.2 Å². The second-order valence-electron chi connectivity index (χ2n) is 7.86. The van der Waals surface area contributed by atoms with Crippen molar-refractivity contribution in [2.45, 2.75) is 69.4 Å². The summed E-state index contributed by atoms with van der Waals surface area (Å²) in [7, 11) is 1.66. The van der Waals surface area contributed by atoms with Gasteiger partial charge in [-0.1, -0.05) is 69.9 Å². The number of aliphatic hydroxyl groups is 1. The molecular formula is C25H33NO2S. The van der Waals surface area contributed by atoms with Crippen LogP contribution in [0.25, 0.3) is 0 Å². The summed E-state index contributed by atoms with van der Waals surface area (Å²) in [6, 6.07) is 14.7. The van der Waals surface area contributed by atoms with Gasteiger partial charge in [-0.15, -0.1) is 11.8 Å². The van der Waals surface area contributed by atoms with Gasteiger partial charge in [-0.3, -0.25) is 4.99 Å². The molecule has 0 saturated carbocycles. The maximum absolute atomic E-state index is 9.82. The molecule has 0 amide bonds. The number of thioether (sulfide) groups is 1. The van der Waals surface area contributed by atoms with Crippen molar-refractivity contribution in [2.24, 2.45) is 4.99 Å². The standard InChI is InChI=1S/C25H33NO2S/c1-4-6-13-25(14-7-5-2)18-29-23-15-20(17-27)22(28-3)16-21(23)24(26-25)19-11-9-8-10-12-19/h8-12,15-16,27H,4-7,13-14,17-18H2,1-3H3. The van der Waals surface area contributed by atoms with Gasteiger partial charge in [0, 0.05) is 27.3 Å². The van der Waals surface area contributed by atoms with Gasteiger partial charge < -0.3 is 9.84 Å². The van der Waals surface area contributed by atoms with Crippen molar-refractivity contribution < 1.29 is 9.84 Å². The van der Waals surface area contributed by atoms with Crippen LogP contribution in [0.15, 0.2) is 52.4 Å². The molecule has 0 spiro atoms. The van der Waals surface area contributed by atoms with Gasteiger partial charge in [-0.05, 0) is 25.0 Å². The Morgan fingerprint density at radius 2 is 1.76 bits per heavy atom. The molecular weight excluding hydrogens is 378 g/mol. The lowest BCUT2D eigenvalue weighted by atomic mass is 9.88. The summed E-state index contributed by atoms with van der Waals surface area (Å²) in [6.45, 7) is 4.49. The van der Waals surface area contributed by atoms with Gasteiger partial charge in [0.2, 0.25) is 0 Å². The van der Waals surface area contributed by atoms with Gasteiger partial charge in [0.05, 0.1) is 25.0 Å². The summed E-state index contributed by atoms with van der Waals surface area (Å²) in [6.07, 6.45) is 6.98. The van der Waals surface area contributed by atoms with Crippen molar-refractivity contribution in [1.82, 2.24) is 0 Å². The maximum Gasteiger partial charge on any atom is 0.125 e. The van der Waals surface area contributed by atoms with Crippen LogP contribution in [0.5, 0.6) is 5.75 Å². The van der Waals surface area contributed by atoms with Crippen LogP contribution in [0.2, 0.25) is 0 Å². The van der Waals surface area contributed by atoms with Crippen molar-refractivity contribution in [3.8, 4) is 5.75 Å². The molecule has 0 aliphatic carbocycles. The summed E-state index contributed by atoms with van der Waals surface area (Å²) in [5.74, 6) is 1.71. The van der Waals surface area contributed by atoms with E-state index in [0.717, 1.165) is 46.7 Å². The third-order valence-electron chi connectivity index (χ3n) is 5.69. The van der Waals surface area contributed by atoms with Crippen LogP contribution in [0.3, 0.4) is 0 Å². The number of aliphatic hydroxyl groups excluding tert-OH is 1. The minimum atomic E-state index is -0.0481. The van der Waals surface area contributed by atoms with E-state index >= 15 is 0 Å². The Labute approximate surface area is 179 Å². The SMILES string of the molecule is CCCCC1(CCCC)CSc2cc(CO)c(OC)cc2C(c2ccccc2)=N1. The molecule has 0 fully saturated rings. The van der Waals surface area contributed by atoms with Gasteiger partial charge in [0.25, 0.3) is 0 Å². The number of fused-ring (bicyclic) bond motifs is 1. The Morgan fingerprint density at radius 1 is 1.07 bits per heavy atom. The Bertz CT molecular complexity index is 824. The van der Waals surface area contributed by atoms with Crippen molar-refractivity contribution in [2.75, 3.05) is 12.9 Å². The van der Waals surface area contributed by atoms with Gasteiger partial charge in [-0.2, -0.15) is 0 Å². The second-order valence-corrected chi connectivity index (χ2v) is 8.88. The molecule has 0 bridgehead atoms. The number of nitrogens with zero attached hydrogens (tertiary/aromatic N) is 1. The van der Waals surface area contributed by atoms with E-state index in [1.807, 2.05) is 17.8 Å². The minimum absolute atomic E-state index is 0.0222. The molecule has 0 radical (unpaired) electrons. The first-order chi connectivity index (χ1) is 14.2. The quantitative estimate of drug-likeness (QED) is 0.530. The van der Waals surface area contributed by atoms with Crippen LogP contribution in [0.1, 0.15) is 69.1 Å². The zero-order valence-electron chi connectivity index (χ0n) is 17.9. The van der Waals surface area contributed by atoms with Crippen molar-refractivity contribution in [1.29, 1.82) is 0 Å². The first-order valence-corrected chi connectivity index (χ1v) is 11.7. The van der Waals surface area contributed by atoms with Gasteiger partial charge >= 0.3 is 0 Å². The van der Waals surface area contributed by atoms with Crippen LogP contribution in [-0.4, -0.2) is 29.2 Å². The largest absolute Gasteiger partial charge is 0.496 e. The molecule has 29 heavy (non-hydrogen) atoms. The highest BCUT2D eigenvalue weighted by atomic mass is 32.2. The zero-order chi connectivity index (χ0) is 20.7. The fourth-order valence-corrected chi connectivity index (χ4v) is 5.28. The Balaban J connectivity index is 2.18. The van der Waals surface area contributed by atoms with E-state index in [1.165, 1.54) is 30.6 Å². The van der Waals surface area contributed by atoms with E-state index in [-0.39, 0.29) is 12.1 Å². The molecule has 0 saturated heterocycles. The van der Waals surface area contributed by atoms with Crippen molar-refractivity contribution >= 4 is 17.5 Å². The Morgan fingerprint density at radius 3 is 2.34 bits per heavy atom. The highest BCUT2D eigenvalue weighted by Gasteiger charge is 2.33. The molecule has 3 rings (SSSR count). The second kappa shape index (κ2) is 10.3. The monoisotopic (exact) mass is 411 g/mol. The van der Waals surface area contributed by atoms with E-state index in [0.29, 0.717) is 0 Å². The fourth-order valence-electron chi connectivity index (χ4n) is 3.97. The van der Waals surface area contributed by atoms with E-state index in [1.54, 1.807) is 7.11 Å². The molecule has 1 heterocycles. The fraction of sp³-hybridized carbons (Fsp3) is 0.480. The van der Waals surface area contributed by atoms with Crippen LogP contribution >= 0.6 is 11.8 Å². The predicted molar refractivity (Wildman–Crippen MR) is 124 cm³/mol. The van der Waals surface area contributed by atoms with E-state index in [9.17, 15) is 5.11 Å². The molecule has 0 unspecified atom stereocenters. The van der Waals surface area contributed by atoms with Gasteiger partial charge in [-0.25, -0.2) is 0 Å². The zero-order valence-corrected chi connectivity index (χ0v) is 18.7. The molecule has 2 aromatic rings. The lowest BCUT2D eigenvalue weighted by molar-refractivity contribution is 0.273. The third kappa shape index (κ3) is 5.04. The number of methoxy groups -OCH3 is 1. The first-order valence-electron chi connectivity index (χ1n) is 10.8. The number of hydrogen-bond donors (Lipinski definition) is 1. The van der Waals surface area contributed by atoms with Crippen LogP contribution in [-0.2, 0) is 6.61 Å². The Kier molecular flexibility index (Phi) is 7.79. The van der Waals surface area contributed by atoms with Crippen LogP contribution < -0.4 is 4.74 Å².